The van der Waals surface area contributed by atoms with E-state index >= 15 is 0 Å². The van der Waals surface area contributed by atoms with Gasteiger partial charge in [0.05, 0.1) is 18.5 Å². The standard InChI is InChI=1S/C15H21NO3/c1-11(2)8-12(3)10-19-14-6-4-13(16-9-14)5-7-15(17)18/h4-7,9,11-12H,8,10H2,1-3H3,(H,17,18)/b7-5+. The van der Waals surface area contributed by atoms with Crippen molar-refractivity contribution in [3.63, 3.8) is 0 Å². The summed E-state index contributed by atoms with van der Waals surface area (Å²) >= 11 is 0. The second-order valence-corrected chi connectivity index (χ2v) is 5.14. The fourth-order valence-electron chi connectivity index (χ4n) is 1.84. The van der Waals surface area contributed by atoms with E-state index in [0.29, 0.717) is 29.9 Å². The van der Waals surface area contributed by atoms with Crippen molar-refractivity contribution in [2.45, 2.75) is 27.2 Å². The molecular formula is C15H21NO3. The number of nitrogens with zero attached hydrogens (tertiary/aromatic N) is 1. The summed E-state index contributed by atoms with van der Waals surface area (Å²) in [7, 11) is 0. The van der Waals surface area contributed by atoms with Crippen LogP contribution in [-0.2, 0) is 4.79 Å². The molecule has 0 saturated heterocycles. The molecular weight excluding hydrogens is 242 g/mol. The number of carbonyl (C=O) groups is 1. The summed E-state index contributed by atoms with van der Waals surface area (Å²) in [4.78, 5) is 14.5. The molecule has 1 atom stereocenters. The average molecular weight is 263 g/mol. The molecule has 0 bridgehead atoms. The molecule has 19 heavy (non-hydrogen) atoms. The van der Waals surface area contributed by atoms with Crippen LogP contribution in [0.1, 0.15) is 32.9 Å². The predicted octanol–water partition coefficient (Wildman–Crippen LogP) is 3.24. The second kappa shape index (κ2) is 7.56. The number of hydrogen-bond acceptors (Lipinski definition) is 3. The molecule has 4 nitrogen and oxygen atoms in total. The van der Waals surface area contributed by atoms with Gasteiger partial charge < -0.3 is 9.84 Å². The van der Waals surface area contributed by atoms with Crippen molar-refractivity contribution in [3.8, 4) is 5.75 Å². The van der Waals surface area contributed by atoms with Crippen LogP contribution in [0.4, 0.5) is 0 Å². The maximum absolute atomic E-state index is 10.4. The van der Waals surface area contributed by atoms with E-state index in [-0.39, 0.29) is 0 Å². The van der Waals surface area contributed by atoms with E-state index in [2.05, 4.69) is 25.8 Å². The van der Waals surface area contributed by atoms with Crippen molar-refractivity contribution in [1.29, 1.82) is 0 Å². The number of ether oxygens (including phenoxy) is 1. The minimum absolute atomic E-state index is 0.506. The van der Waals surface area contributed by atoms with Gasteiger partial charge in [-0.15, -0.1) is 0 Å². The van der Waals surface area contributed by atoms with Gasteiger partial charge in [-0.3, -0.25) is 4.98 Å². The van der Waals surface area contributed by atoms with E-state index in [9.17, 15) is 4.79 Å². The lowest BCUT2D eigenvalue weighted by atomic mass is 10.00. The highest BCUT2D eigenvalue weighted by Gasteiger charge is 2.06. The van der Waals surface area contributed by atoms with Gasteiger partial charge in [0.15, 0.2) is 0 Å². The Hall–Kier alpha value is -1.84. The zero-order valence-electron chi connectivity index (χ0n) is 11.7. The highest BCUT2D eigenvalue weighted by atomic mass is 16.5. The zero-order chi connectivity index (χ0) is 14.3. The Morgan fingerprint density at radius 1 is 1.42 bits per heavy atom. The topological polar surface area (TPSA) is 59.4 Å². The molecule has 0 saturated carbocycles. The van der Waals surface area contributed by atoms with Gasteiger partial charge >= 0.3 is 5.97 Å². The summed E-state index contributed by atoms with van der Waals surface area (Å²) in [6, 6.07) is 3.54. The van der Waals surface area contributed by atoms with Gasteiger partial charge in [-0.1, -0.05) is 20.8 Å². The maximum atomic E-state index is 10.4. The van der Waals surface area contributed by atoms with Crippen molar-refractivity contribution < 1.29 is 14.6 Å². The van der Waals surface area contributed by atoms with Crippen molar-refractivity contribution >= 4 is 12.0 Å². The number of carboxylic acids is 1. The number of aromatic nitrogens is 1. The zero-order valence-corrected chi connectivity index (χ0v) is 11.7. The molecule has 0 aliphatic carbocycles. The molecule has 104 valence electrons. The average Bonchev–Trinajstić information content (AvgIpc) is 2.34. The van der Waals surface area contributed by atoms with Crippen LogP contribution < -0.4 is 4.74 Å². The summed E-state index contributed by atoms with van der Waals surface area (Å²) < 4.78 is 5.65. The first-order valence-electron chi connectivity index (χ1n) is 6.47. The van der Waals surface area contributed by atoms with Gasteiger partial charge in [0, 0.05) is 6.08 Å². The van der Waals surface area contributed by atoms with Crippen LogP contribution in [0.3, 0.4) is 0 Å². The van der Waals surface area contributed by atoms with Crippen molar-refractivity contribution in [1.82, 2.24) is 4.98 Å². The third-order valence-electron chi connectivity index (χ3n) is 2.56. The van der Waals surface area contributed by atoms with Gasteiger partial charge in [0.1, 0.15) is 5.75 Å². The third-order valence-corrected chi connectivity index (χ3v) is 2.56. The van der Waals surface area contributed by atoms with Crippen LogP contribution >= 0.6 is 0 Å². The van der Waals surface area contributed by atoms with Crippen LogP contribution in [-0.4, -0.2) is 22.7 Å². The highest BCUT2D eigenvalue weighted by Crippen LogP contribution is 2.15. The molecule has 1 aromatic heterocycles. The van der Waals surface area contributed by atoms with Gasteiger partial charge in [0.25, 0.3) is 0 Å². The fourth-order valence-corrected chi connectivity index (χ4v) is 1.84. The lowest BCUT2D eigenvalue weighted by Crippen LogP contribution is -2.11. The smallest absolute Gasteiger partial charge is 0.328 e. The molecule has 0 aliphatic rings. The fraction of sp³-hybridized carbons (Fsp3) is 0.467. The van der Waals surface area contributed by atoms with Gasteiger partial charge in [-0.25, -0.2) is 4.79 Å². The first-order chi connectivity index (χ1) is 8.97. The molecule has 1 heterocycles. The Bertz CT molecular complexity index is 424. The lowest BCUT2D eigenvalue weighted by molar-refractivity contribution is -0.131. The molecule has 0 aromatic carbocycles. The van der Waals surface area contributed by atoms with Crippen LogP contribution in [0.2, 0.25) is 0 Å². The number of carboxylic acid groups (broad SMARTS) is 1. The van der Waals surface area contributed by atoms with E-state index in [1.54, 1.807) is 18.3 Å². The molecule has 0 radical (unpaired) electrons. The predicted molar refractivity (Wildman–Crippen MR) is 75.0 cm³/mol. The summed E-state index contributed by atoms with van der Waals surface area (Å²) in [6.07, 6.45) is 5.26. The Labute approximate surface area is 114 Å². The second-order valence-electron chi connectivity index (χ2n) is 5.14. The van der Waals surface area contributed by atoms with E-state index < -0.39 is 5.97 Å². The van der Waals surface area contributed by atoms with Gasteiger partial charge in [-0.2, -0.15) is 0 Å². The number of hydrogen-bond donors (Lipinski definition) is 1. The van der Waals surface area contributed by atoms with Gasteiger partial charge in [0.2, 0.25) is 0 Å². The highest BCUT2D eigenvalue weighted by molar-refractivity contribution is 5.84. The van der Waals surface area contributed by atoms with Gasteiger partial charge in [-0.05, 0) is 36.5 Å². The summed E-state index contributed by atoms with van der Waals surface area (Å²) in [5.41, 5.74) is 0.602. The van der Waals surface area contributed by atoms with Crippen LogP contribution in [0.5, 0.6) is 5.75 Å². The Morgan fingerprint density at radius 3 is 2.68 bits per heavy atom. The molecule has 0 amide bonds. The molecule has 4 heteroatoms. The minimum atomic E-state index is -0.982. The monoisotopic (exact) mass is 263 g/mol. The molecule has 1 unspecified atom stereocenters. The molecule has 0 fully saturated rings. The Balaban J connectivity index is 2.46. The number of rotatable bonds is 7. The summed E-state index contributed by atoms with van der Waals surface area (Å²) in [6.45, 7) is 7.23. The molecule has 1 rings (SSSR count). The number of aliphatic carboxylic acids is 1. The maximum Gasteiger partial charge on any atom is 0.328 e. The molecule has 1 N–H and O–H groups in total. The largest absolute Gasteiger partial charge is 0.492 e. The van der Waals surface area contributed by atoms with Crippen molar-refractivity contribution in [3.05, 3.63) is 30.1 Å². The molecule has 0 aliphatic heterocycles. The van der Waals surface area contributed by atoms with E-state index in [1.165, 1.54) is 6.08 Å². The SMILES string of the molecule is CC(C)CC(C)COc1ccc(/C=C/C(=O)O)nc1. The van der Waals surface area contributed by atoms with E-state index in [0.717, 1.165) is 12.5 Å². The lowest BCUT2D eigenvalue weighted by Gasteiger charge is -2.14. The van der Waals surface area contributed by atoms with E-state index in [1.807, 2.05) is 0 Å². The normalized spacial score (nSPS) is 12.8. The Morgan fingerprint density at radius 2 is 2.16 bits per heavy atom. The first kappa shape index (κ1) is 15.2. The minimum Gasteiger partial charge on any atom is -0.492 e. The molecule has 0 spiro atoms. The van der Waals surface area contributed by atoms with Crippen molar-refractivity contribution in [2.24, 2.45) is 11.8 Å². The van der Waals surface area contributed by atoms with Crippen LogP contribution in [0, 0.1) is 11.8 Å². The van der Waals surface area contributed by atoms with Crippen molar-refractivity contribution in [2.75, 3.05) is 6.61 Å². The third kappa shape index (κ3) is 6.60. The summed E-state index contributed by atoms with van der Waals surface area (Å²) in [5, 5.41) is 8.51. The van der Waals surface area contributed by atoms with E-state index in [4.69, 9.17) is 9.84 Å². The summed E-state index contributed by atoms with van der Waals surface area (Å²) in [5.74, 6) is 0.902. The first-order valence-corrected chi connectivity index (χ1v) is 6.47. The van der Waals surface area contributed by atoms with Crippen LogP contribution in [0.15, 0.2) is 24.4 Å². The molecule has 1 aromatic rings. The Kier molecular flexibility index (Phi) is 6.06. The quantitative estimate of drug-likeness (QED) is 0.767. The van der Waals surface area contributed by atoms with Crippen LogP contribution in [0.25, 0.3) is 6.08 Å². The number of pyridine rings is 1.